The van der Waals surface area contributed by atoms with E-state index in [0.717, 1.165) is 29.6 Å². The summed E-state index contributed by atoms with van der Waals surface area (Å²) in [5, 5.41) is 12.2. The van der Waals surface area contributed by atoms with Crippen LogP contribution in [0.4, 0.5) is 5.95 Å². The smallest absolute Gasteiger partial charge is 0.225 e. The molecule has 0 spiro atoms. The molecule has 5 rings (SSSR count). The number of nitrogens with zero attached hydrogens (tertiary/aromatic N) is 4. The number of para-hydroxylation sites is 1. The van der Waals surface area contributed by atoms with Crippen molar-refractivity contribution in [3.63, 3.8) is 0 Å². The highest BCUT2D eigenvalue weighted by Crippen LogP contribution is 2.30. The molecule has 0 amide bonds. The lowest BCUT2D eigenvalue weighted by molar-refractivity contribution is 0.0365. The SMILES string of the molecule is O=C(c1c[nH]c2ccccc12)[C@H](O)[C@H](c1ccccc1)N1CCN(c2ncccn2)CC1. The number of benzene rings is 2. The van der Waals surface area contributed by atoms with Crippen molar-refractivity contribution in [2.24, 2.45) is 0 Å². The maximum Gasteiger partial charge on any atom is 0.225 e. The van der Waals surface area contributed by atoms with E-state index in [1.807, 2.05) is 54.6 Å². The van der Waals surface area contributed by atoms with Gasteiger partial charge in [0.1, 0.15) is 6.10 Å². The van der Waals surface area contributed by atoms with Crippen molar-refractivity contribution >= 4 is 22.6 Å². The average Bonchev–Trinajstić information content (AvgIpc) is 3.29. The number of aliphatic hydroxyl groups is 1. The van der Waals surface area contributed by atoms with E-state index in [-0.39, 0.29) is 5.78 Å². The van der Waals surface area contributed by atoms with Gasteiger partial charge in [-0.15, -0.1) is 0 Å². The van der Waals surface area contributed by atoms with Crippen molar-refractivity contribution in [2.75, 3.05) is 31.1 Å². The lowest BCUT2D eigenvalue weighted by Crippen LogP contribution is -2.51. The molecule has 2 aromatic heterocycles. The summed E-state index contributed by atoms with van der Waals surface area (Å²) >= 11 is 0. The second-order valence-electron chi connectivity index (χ2n) is 7.98. The number of aliphatic hydroxyl groups excluding tert-OH is 1. The number of rotatable bonds is 6. The third-order valence-electron chi connectivity index (χ3n) is 6.11. The monoisotopic (exact) mass is 427 g/mol. The highest BCUT2D eigenvalue weighted by Gasteiger charge is 2.35. The highest BCUT2D eigenvalue weighted by atomic mass is 16.3. The van der Waals surface area contributed by atoms with Crippen LogP contribution < -0.4 is 4.90 Å². The van der Waals surface area contributed by atoms with Gasteiger partial charge in [0.15, 0.2) is 5.78 Å². The molecule has 0 unspecified atom stereocenters. The van der Waals surface area contributed by atoms with Crippen molar-refractivity contribution in [1.82, 2.24) is 19.9 Å². The number of piperazine rings is 1. The van der Waals surface area contributed by atoms with Crippen LogP contribution in [0.1, 0.15) is 22.0 Å². The maximum absolute atomic E-state index is 13.4. The number of hydrogen-bond donors (Lipinski definition) is 2. The van der Waals surface area contributed by atoms with Gasteiger partial charge in [-0.1, -0.05) is 48.5 Å². The predicted molar refractivity (Wildman–Crippen MR) is 124 cm³/mol. The fourth-order valence-electron chi connectivity index (χ4n) is 4.48. The van der Waals surface area contributed by atoms with E-state index in [0.29, 0.717) is 24.6 Å². The van der Waals surface area contributed by atoms with Gasteiger partial charge in [0.2, 0.25) is 5.95 Å². The number of aromatic nitrogens is 3. The fourth-order valence-corrected chi connectivity index (χ4v) is 4.48. The Hall–Kier alpha value is -3.55. The highest BCUT2D eigenvalue weighted by molar-refractivity contribution is 6.10. The van der Waals surface area contributed by atoms with Gasteiger partial charge in [0.25, 0.3) is 0 Å². The van der Waals surface area contributed by atoms with Gasteiger partial charge in [-0.25, -0.2) is 9.97 Å². The lowest BCUT2D eigenvalue weighted by atomic mass is 9.93. The van der Waals surface area contributed by atoms with Crippen molar-refractivity contribution < 1.29 is 9.90 Å². The molecule has 1 aliphatic rings. The van der Waals surface area contributed by atoms with Crippen LogP contribution >= 0.6 is 0 Å². The van der Waals surface area contributed by atoms with Gasteiger partial charge in [-0.2, -0.15) is 0 Å². The van der Waals surface area contributed by atoms with Crippen molar-refractivity contribution in [2.45, 2.75) is 12.1 Å². The molecule has 162 valence electrons. The number of ketones is 1. The van der Waals surface area contributed by atoms with Crippen LogP contribution in [0.5, 0.6) is 0 Å². The molecule has 7 heteroatoms. The first-order valence-electron chi connectivity index (χ1n) is 10.8. The quantitative estimate of drug-likeness (QED) is 0.460. The van der Waals surface area contributed by atoms with Crippen LogP contribution in [-0.4, -0.2) is 63.0 Å². The first kappa shape index (κ1) is 20.4. The molecule has 1 aliphatic heterocycles. The van der Waals surface area contributed by atoms with Gasteiger partial charge < -0.3 is 15.0 Å². The van der Waals surface area contributed by atoms with Crippen LogP contribution in [0.25, 0.3) is 10.9 Å². The molecule has 2 N–H and O–H groups in total. The zero-order valence-electron chi connectivity index (χ0n) is 17.6. The van der Waals surface area contributed by atoms with E-state index < -0.39 is 12.1 Å². The van der Waals surface area contributed by atoms with Crippen molar-refractivity contribution in [3.8, 4) is 0 Å². The zero-order valence-corrected chi connectivity index (χ0v) is 17.6. The number of hydrogen-bond acceptors (Lipinski definition) is 6. The van der Waals surface area contributed by atoms with E-state index in [4.69, 9.17) is 0 Å². The van der Waals surface area contributed by atoms with Gasteiger partial charge in [0.05, 0.1) is 6.04 Å². The minimum atomic E-state index is -1.18. The average molecular weight is 428 g/mol. The molecular weight excluding hydrogens is 402 g/mol. The molecule has 0 aliphatic carbocycles. The Bertz CT molecular complexity index is 1190. The Morgan fingerprint density at radius 1 is 0.906 bits per heavy atom. The topological polar surface area (TPSA) is 85.4 Å². The number of carbonyl (C=O) groups is 1. The first-order chi connectivity index (χ1) is 15.7. The summed E-state index contributed by atoms with van der Waals surface area (Å²) in [6.45, 7) is 2.83. The van der Waals surface area contributed by atoms with E-state index in [2.05, 4.69) is 24.8 Å². The van der Waals surface area contributed by atoms with Crippen LogP contribution in [0.15, 0.2) is 79.3 Å². The molecule has 1 saturated heterocycles. The first-order valence-corrected chi connectivity index (χ1v) is 10.8. The van der Waals surface area contributed by atoms with Crippen molar-refractivity contribution in [1.29, 1.82) is 0 Å². The van der Waals surface area contributed by atoms with Gasteiger partial charge in [-0.3, -0.25) is 9.69 Å². The Morgan fingerprint density at radius 2 is 1.59 bits per heavy atom. The minimum Gasteiger partial charge on any atom is -0.383 e. The third kappa shape index (κ3) is 3.88. The molecule has 0 radical (unpaired) electrons. The third-order valence-corrected chi connectivity index (χ3v) is 6.11. The number of aromatic amines is 1. The number of carbonyl (C=O) groups excluding carboxylic acids is 1. The number of anilines is 1. The molecule has 1 fully saturated rings. The van der Waals surface area contributed by atoms with Crippen LogP contribution in [0.3, 0.4) is 0 Å². The molecule has 2 atom stereocenters. The standard InChI is InChI=1S/C25H25N5O2/c31-23(20-17-28-21-10-5-4-9-19(20)21)24(32)22(18-7-2-1-3-8-18)29-13-15-30(16-14-29)25-26-11-6-12-27-25/h1-12,17,22,24,28,32H,13-16H2/t22-,24+/m0/s1. The predicted octanol–water partition coefficient (Wildman–Crippen LogP) is 3.07. The molecule has 32 heavy (non-hydrogen) atoms. The van der Waals surface area contributed by atoms with E-state index in [1.54, 1.807) is 24.7 Å². The summed E-state index contributed by atoms with van der Waals surface area (Å²) < 4.78 is 0. The molecule has 0 bridgehead atoms. The summed E-state index contributed by atoms with van der Waals surface area (Å²) in [7, 11) is 0. The van der Waals surface area contributed by atoms with Crippen LogP contribution in [-0.2, 0) is 0 Å². The summed E-state index contributed by atoms with van der Waals surface area (Å²) in [4.78, 5) is 29.6. The summed E-state index contributed by atoms with van der Waals surface area (Å²) in [6, 6.07) is 18.8. The number of H-pyrrole nitrogens is 1. The molecule has 2 aromatic carbocycles. The van der Waals surface area contributed by atoms with E-state index >= 15 is 0 Å². The number of fused-ring (bicyclic) bond motifs is 1. The molecule has 0 saturated carbocycles. The summed E-state index contributed by atoms with van der Waals surface area (Å²) in [5.41, 5.74) is 2.33. The van der Waals surface area contributed by atoms with E-state index in [9.17, 15) is 9.90 Å². The molecule has 3 heterocycles. The Kier molecular flexibility index (Phi) is 5.66. The van der Waals surface area contributed by atoms with Gasteiger partial charge in [-0.05, 0) is 17.7 Å². The zero-order chi connectivity index (χ0) is 21.9. The number of nitrogens with one attached hydrogen (secondary N) is 1. The second-order valence-corrected chi connectivity index (χ2v) is 7.98. The Morgan fingerprint density at radius 3 is 2.34 bits per heavy atom. The molecule has 7 nitrogen and oxygen atoms in total. The summed E-state index contributed by atoms with van der Waals surface area (Å²) in [5.74, 6) is 0.434. The summed E-state index contributed by atoms with van der Waals surface area (Å²) in [6.07, 6.45) is 4.00. The lowest BCUT2D eigenvalue weighted by Gasteiger charge is -2.40. The molecular formula is C25H25N5O2. The fraction of sp³-hybridized carbons (Fsp3) is 0.240. The Balaban J connectivity index is 1.41. The number of Topliss-reactive ketones (excluding diaryl/α,β-unsaturated/α-hetero) is 1. The van der Waals surface area contributed by atoms with Crippen molar-refractivity contribution in [3.05, 3.63) is 90.4 Å². The minimum absolute atomic E-state index is 0.273. The normalized spacial score (nSPS) is 16.7. The van der Waals surface area contributed by atoms with Gasteiger partial charge in [0, 0.05) is 61.2 Å². The Labute approximate surface area is 186 Å². The second kappa shape index (κ2) is 8.90. The molecule has 4 aromatic rings. The van der Waals surface area contributed by atoms with Crippen LogP contribution in [0, 0.1) is 0 Å². The maximum atomic E-state index is 13.4. The van der Waals surface area contributed by atoms with Crippen LogP contribution in [0.2, 0.25) is 0 Å². The van der Waals surface area contributed by atoms with E-state index in [1.165, 1.54) is 0 Å². The van der Waals surface area contributed by atoms with Gasteiger partial charge >= 0.3 is 0 Å². The largest absolute Gasteiger partial charge is 0.383 e.